The minimum absolute atomic E-state index is 0.0304. The molecule has 0 spiro atoms. The lowest BCUT2D eigenvalue weighted by Gasteiger charge is -2.09. The maximum Gasteiger partial charge on any atom is 0.357 e. The minimum Gasteiger partial charge on any atom is -0.494 e. The maximum absolute atomic E-state index is 11.8. The van der Waals surface area contributed by atoms with Gasteiger partial charge in [-0.1, -0.05) is 25.5 Å². The molecule has 122 valence electrons. The highest BCUT2D eigenvalue weighted by Gasteiger charge is 2.13. The molecule has 0 bridgehead atoms. The number of nitrogen functional groups attached to an aromatic ring is 1. The summed E-state index contributed by atoms with van der Waals surface area (Å²) >= 11 is 0. The number of ether oxygens (including phenoxy) is 2. The van der Waals surface area contributed by atoms with E-state index in [1.165, 1.54) is 0 Å². The molecule has 6 nitrogen and oxygen atoms in total. The summed E-state index contributed by atoms with van der Waals surface area (Å²) in [6.45, 7) is 4.79. The standard InChI is InChI=1S/C17H21N3O3/c1-3-5-9-23-13-8-6-7-12(10-13)14-11-15(16(21)22-4-2)20-17(18)19-14/h6-8,10-11H,3-5,9H2,1-2H3,(H2,18,19,20). The summed E-state index contributed by atoms with van der Waals surface area (Å²) < 4.78 is 10.6. The molecule has 0 saturated carbocycles. The van der Waals surface area contributed by atoms with Crippen LogP contribution in [0.4, 0.5) is 5.95 Å². The summed E-state index contributed by atoms with van der Waals surface area (Å²) in [4.78, 5) is 19.9. The third-order valence-electron chi connectivity index (χ3n) is 3.12. The molecule has 0 unspecified atom stereocenters. The van der Waals surface area contributed by atoms with Gasteiger partial charge in [0, 0.05) is 5.56 Å². The van der Waals surface area contributed by atoms with Gasteiger partial charge in [-0.3, -0.25) is 0 Å². The molecule has 0 aliphatic carbocycles. The highest BCUT2D eigenvalue weighted by molar-refractivity contribution is 5.88. The molecule has 0 aliphatic heterocycles. The molecule has 23 heavy (non-hydrogen) atoms. The molecule has 2 aromatic rings. The van der Waals surface area contributed by atoms with Crippen LogP contribution in [0.15, 0.2) is 30.3 Å². The van der Waals surface area contributed by atoms with Crippen molar-refractivity contribution in [2.75, 3.05) is 18.9 Å². The fourth-order valence-electron chi connectivity index (χ4n) is 2.00. The second-order valence-electron chi connectivity index (χ2n) is 4.95. The Kier molecular flexibility index (Phi) is 5.91. The van der Waals surface area contributed by atoms with Gasteiger partial charge in [0.25, 0.3) is 0 Å². The van der Waals surface area contributed by atoms with Crippen LogP contribution in [0.1, 0.15) is 37.2 Å². The average molecular weight is 315 g/mol. The second kappa shape index (κ2) is 8.12. The van der Waals surface area contributed by atoms with Gasteiger partial charge in [-0.25, -0.2) is 14.8 Å². The number of nitrogens with two attached hydrogens (primary N) is 1. The van der Waals surface area contributed by atoms with Crippen molar-refractivity contribution >= 4 is 11.9 Å². The molecule has 0 radical (unpaired) electrons. The van der Waals surface area contributed by atoms with Crippen LogP contribution < -0.4 is 10.5 Å². The monoisotopic (exact) mass is 315 g/mol. The van der Waals surface area contributed by atoms with Crippen molar-refractivity contribution in [3.05, 3.63) is 36.0 Å². The van der Waals surface area contributed by atoms with E-state index >= 15 is 0 Å². The van der Waals surface area contributed by atoms with E-state index in [0.29, 0.717) is 12.3 Å². The number of nitrogens with zero attached hydrogens (tertiary/aromatic N) is 2. The average Bonchev–Trinajstić information content (AvgIpc) is 2.55. The summed E-state index contributed by atoms with van der Waals surface area (Å²) in [5, 5.41) is 0. The molecule has 0 amide bonds. The number of benzene rings is 1. The summed E-state index contributed by atoms with van der Waals surface area (Å²) in [6.07, 6.45) is 2.07. The number of anilines is 1. The number of esters is 1. The first-order valence-corrected chi connectivity index (χ1v) is 7.69. The third kappa shape index (κ3) is 4.67. The van der Waals surface area contributed by atoms with Crippen molar-refractivity contribution in [3.8, 4) is 17.0 Å². The zero-order chi connectivity index (χ0) is 16.7. The van der Waals surface area contributed by atoms with E-state index in [1.54, 1.807) is 13.0 Å². The molecule has 0 saturated heterocycles. The van der Waals surface area contributed by atoms with Crippen LogP contribution >= 0.6 is 0 Å². The molecule has 1 aromatic carbocycles. The lowest BCUT2D eigenvalue weighted by molar-refractivity contribution is 0.0519. The lowest BCUT2D eigenvalue weighted by atomic mass is 10.1. The van der Waals surface area contributed by atoms with Crippen LogP contribution in [0.2, 0.25) is 0 Å². The quantitative estimate of drug-likeness (QED) is 0.624. The SMILES string of the molecule is CCCCOc1cccc(-c2cc(C(=O)OCC)nc(N)n2)c1. The van der Waals surface area contributed by atoms with Crippen molar-refractivity contribution in [1.82, 2.24) is 9.97 Å². The van der Waals surface area contributed by atoms with Gasteiger partial charge in [0.05, 0.1) is 18.9 Å². The Balaban J connectivity index is 2.27. The maximum atomic E-state index is 11.8. The van der Waals surface area contributed by atoms with Gasteiger partial charge < -0.3 is 15.2 Å². The molecule has 1 aromatic heterocycles. The van der Waals surface area contributed by atoms with Crippen molar-refractivity contribution in [2.24, 2.45) is 0 Å². The normalized spacial score (nSPS) is 10.3. The minimum atomic E-state index is -0.516. The van der Waals surface area contributed by atoms with E-state index in [-0.39, 0.29) is 18.2 Å². The summed E-state index contributed by atoms with van der Waals surface area (Å²) in [5.41, 5.74) is 7.21. The van der Waals surface area contributed by atoms with Crippen LogP contribution in [-0.4, -0.2) is 29.2 Å². The van der Waals surface area contributed by atoms with E-state index in [1.807, 2.05) is 24.3 Å². The Morgan fingerprint density at radius 3 is 2.78 bits per heavy atom. The smallest absolute Gasteiger partial charge is 0.357 e. The van der Waals surface area contributed by atoms with Crippen LogP contribution in [0.3, 0.4) is 0 Å². The van der Waals surface area contributed by atoms with Gasteiger partial charge in [0.15, 0.2) is 5.69 Å². The largest absolute Gasteiger partial charge is 0.494 e. The van der Waals surface area contributed by atoms with Crippen molar-refractivity contribution < 1.29 is 14.3 Å². The Morgan fingerprint density at radius 1 is 1.22 bits per heavy atom. The van der Waals surface area contributed by atoms with Gasteiger partial charge in [0.1, 0.15) is 5.75 Å². The topological polar surface area (TPSA) is 87.3 Å². The molecule has 2 rings (SSSR count). The van der Waals surface area contributed by atoms with Crippen molar-refractivity contribution in [2.45, 2.75) is 26.7 Å². The van der Waals surface area contributed by atoms with E-state index in [0.717, 1.165) is 24.2 Å². The van der Waals surface area contributed by atoms with E-state index in [2.05, 4.69) is 16.9 Å². The molecule has 0 aliphatic rings. The summed E-state index contributed by atoms with van der Waals surface area (Å²) in [6, 6.07) is 9.07. The van der Waals surface area contributed by atoms with E-state index in [9.17, 15) is 4.79 Å². The van der Waals surface area contributed by atoms with Crippen LogP contribution in [0, 0.1) is 0 Å². The zero-order valence-corrected chi connectivity index (χ0v) is 13.4. The van der Waals surface area contributed by atoms with Gasteiger partial charge in [-0.2, -0.15) is 0 Å². The Morgan fingerprint density at radius 2 is 2.04 bits per heavy atom. The van der Waals surface area contributed by atoms with Crippen molar-refractivity contribution in [1.29, 1.82) is 0 Å². The fraction of sp³-hybridized carbons (Fsp3) is 0.353. The molecule has 2 N–H and O–H groups in total. The summed E-state index contributed by atoms with van der Waals surface area (Å²) in [7, 11) is 0. The lowest BCUT2D eigenvalue weighted by Crippen LogP contribution is -2.10. The highest BCUT2D eigenvalue weighted by atomic mass is 16.5. The van der Waals surface area contributed by atoms with E-state index in [4.69, 9.17) is 15.2 Å². The number of rotatable bonds is 7. The first-order valence-electron chi connectivity index (χ1n) is 7.69. The van der Waals surface area contributed by atoms with E-state index < -0.39 is 5.97 Å². The van der Waals surface area contributed by atoms with Gasteiger partial charge in [-0.15, -0.1) is 0 Å². The molecular weight excluding hydrogens is 294 g/mol. The Labute approximate surface area is 135 Å². The van der Waals surface area contributed by atoms with Gasteiger partial charge in [0.2, 0.25) is 5.95 Å². The molecular formula is C17H21N3O3. The third-order valence-corrected chi connectivity index (χ3v) is 3.12. The number of carbonyl (C=O) groups is 1. The Hall–Kier alpha value is -2.63. The summed E-state index contributed by atoms with van der Waals surface area (Å²) in [5.74, 6) is 0.270. The first kappa shape index (κ1) is 16.7. The van der Waals surface area contributed by atoms with Gasteiger partial charge in [-0.05, 0) is 31.5 Å². The molecule has 0 fully saturated rings. The number of hydrogen-bond donors (Lipinski definition) is 1. The van der Waals surface area contributed by atoms with Crippen LogP contribution in [0.5, 0.6) is 5.75 Å². The Bertz CT molecular complexity index is 674. The van der Waals surface area contributed by atoms with Crippen LogP contribution in [0.25, 0.3) is 11.3 Å². The van der Waals surface area contributed by atoms with Crippen molar-refractivity contribution in [3.63, 3.8) is 0 Å². The first-order chi connectivity index (χ1) is 11.1. The van der Waals surface area contributed by atoms with Gasteiger partial charge >= 0.3 is 5.97 Å². The number of unbranched alkanes of at least 4 members (excludes halogenated alkanes) is 1. The molecule has 6 heteroatoms. The molecule has 0 atom stereocenters. The highest BCUT2D eigenvalue weighted by Crippen LogP contribution is 2.23. The number of aromatic nitrogens is 2. The zero-order valence-electron chi connectivity index (χ0n) is 13.4. The molecule has 1 heterocycles. The number of hydrogen-bond acceptors (Lipinski definition) is 6. The number of carbonyl (C=O) groups excluding carboxylic acids is 1. The van der Waals surface area contributed by atoms with Crippen LogP contribution in [-0.2, 0) is 4.74 Å². The predicted molar refractivity (Wildman–Crippen MR) is 88.2 cm³/mol. The second-order valence-corrected chi connectivity index (χ2v) is 4.95. The fourth-order valence-corrected chi connectivity index (χ4v) is 2.00. The predicted octanol–water partition coefficient (Wildman–Crippen LogP) is 3.08.